The van der Waals surface area contributed by atoms with Crippen LogP contribution in [0.4, 0.5) is 18.9 Å². The lowest BCUT2D eigenvalue weighted by Crippen LogP contribution is -2.62. The van der Waals surface area contributed by atoms with Gasteiger partial charge in [-0.3, -0.25) is 4.98 Å². The van der Waals surface area contributed by atoms with Crippen molar-refractivity contribution in [2.24, 2.45) is 0 Å². The summed E-state index contributed by atoms with van der Waals surface area (Å²) in [5.74, 6) is -4.26. The van der Waals surface area contributed by atoms with E-state index in [0.29, 0.717) is 11.3 Å². The molecule has 0 amide bonds. The number of nitrogens with zero attached hydrogens (tertiary/aromatic N) is 2. The molecule has 1 fully saturated rings. The van der Waals surface area contributed by atoms with Gasteiger partial charge in [-0.2, -0.15) is 5.26 Å². The molecule has 1 aliphatic heterocycles. The average molecular weight is 461 g/mol. The number of alkyl halides is 2. The number of aryl methyl sites for hydroxylation is 1. The van der Waals surface area contributed by atoms with Gasteiger partial charge in [-0.1, -0.05) is 12.2 Å². The van der Waals surface area contributed by atoms with E-state index in [1.165, 1.54) is 45.2 Å². The van der Waals surface area contributed by atoms with Crippen molar-refractivity contribution in [2.75, 3.05) is 11.9 Å². The van der Waals surface area contributed by atoms with E-state index in [1.807, 2.05) is 0 Å². The number of aromatic nitrogens is 1. The summed E-state index contributed by atoms with van der Waals surface area (Å²) in [5.41, 5.74) is -1.47. The summed E-state index contributed by atoms with van der Waals surface area (Å²) < 4.78 is 51.6. The van der Waals surface area contributed by atoms with Crippen LogP contribution in [0.2, 0.25) is 0 Å². The van der Waals surface area contributed by atoms with Crippen molar-refractivity contribution < 1.29 is 17.9 Å². The monoisotopic (exact) mass is 460 g/mol. The molecule has 0 saturated carbocycles. The number of pyridine rings is 1. The summed E-state index contributed by atoms with van der Waals surface area (Å²) in [6.07, 6.45) is 2.97. The fourth-order valence-corrected chi connectivity index (χ4v) is 4.70. The number of fused-ring (bicyclic) bond motifs is 1. The number of hydrogen-bond acceptors (Lipinski definition) is 5. The molecule has 2 atom stereocenters. The molecule has 0 radical (unpaired) electrons. The molecule has 1 aromatic heterocycles. The van der Waals surface area contributed by atoms with Gasteiger partial charge >= 0.3 is 5.92 Å². The molecule has 0 spiro atoms. The predicted molar refractivity (Wildman–Crippen MR) is 118 cm³/mol. The minimum Gasteiger partial charge on any atom is -0.377 e. The van der Waals surface area contributed by atoms with Gasteiger partial charge in [0.05, 0.1) is 23.9 Å². The molecule has 1 aromatic carbocycles. The molecule has 1 saturated heterocycles. The number of hydrogen-bond donors (Lipinski definition) is 2. The first-order valence-corrected chi connectivity index (χ1v) is 10.7. The highest BCUT2D eigenvalue weighted by atomic mass is 32.1. The summed E-state index contributed by atoms with van der Waals surface area (Å²) >= 11 is 5.16. The van der Waals surface area contributed by atoms with Gasteiger partial charge in [0.25, 0.3) is 0 Å². The summed E-state index contributed by atoms with van der Waals surface area (Å²) in [7, 11) is 0. The van der Waals surface area contributed by atoms with Gasteiger partial charge in [-0.15, -0.1) is 0 Å². The number of ether oxygens (including phenoxy) is 1. The van der Waals surface area contributed by atoms with Crippen molar-refractivity contribution in [1.29, 1.82) is 5.26 Å². The highest BCUT2D eigenvalue weighted by Crippen LogP contribution is 2.48. The van der Waals surface area contributed by atoms with Crippen LogP contribution < -0.4 is 10.6 Å². The van der Waals surface area contributed by atoms with Crippen LogP contribution in [0.25, 0.3) is 0 Å². The Balaban J connectivity index is 1.71. The molecule has 4 rings (SSSR count). The number of nitriles is 1. The van der Waals surface area contributed by atoms with Crippen LogP contribution in [-0.4, -0.2) is 28.1 Å². The highest BCUT2D eigenvalue weighted by molar-refractivity contribution is 7.80. The van der Waals surface area contributed by atoms with Crippen LogP contribution in [0.5, 0.6) is 0 Å². The molecule has 2 aliphatic rings. The average Bonchev–Trinajstić information content (AvgIpc) is 3.12. The van der Waals surface area contributed by atoms with Crippen LogP contribution >= 0.6 is 12.2 Å². The van der Waals surface area contributed by atoms with E-state index in [2.05, 4.69) is 21.7 Å². The third-order valence-corrected chi connectivity index (χ3v) is 6.57. The minimum atomic E-state index is -3.49. The molecule has 2 aromatic rings. The van der Waals surface area contributed by atoms with Crippen molar-refractivity contribution in [1.82, 2.24) is 10.3 Å². The second kappa shape index (κ2) is 7.71. The second-order valence-corrected chi connectivity index (χ2v) is 9.35. The Morgan fingerprint density at radius 3 is 2.75 bits per heavy atom. The molecule has 0 unspecified atom stereocenters. The van der Waals surface area contributed by atoms with E-state index in [4.69, 9.17) is 22.2 Å². The number of thiocarbonyl (C=S) groups is 1. The molecule has 2 heterocycles. The number of benzene rings is 1. The quantitative estimate of drug-likeness (QED) is 0.644. The Bertz CT molecular complexity index is 1130. The zero-order valence-electron chi connectivity index (χ0n) is 17.9. The Morgan fingerprint density at radius 2 is 2.03 bits per heavy atom. The number of nitrogens with one attached hydrogen (secondary N) is 2. The van der Waals surface area contributed by atoms with Crippen LogP contribution in [-0.2, 0) is 16.7 Å². The topological polar surface area (TPSA) is 70.0 Å². The maximum Gasteiger partial charge on any atom is 0.302 e. The van der Waals surface area contributed by atoms with Gasteiger partial charge < -0.3 is 15.4 Å². The van der Waals surface area contributed by atoms with Crippen LogP contribution in [0.15, 0.2) is 30.5 Å². The normalized spacial score (nSPS) is 25.9. The maximum absolute atomic E-state index is 15.7. The minimum absolute atomic E-state index is 0.0812. The Hall–Kier alpha value is -2.70. The molecule has 32 heavy (non-hydrogen) atoms. The summed E-state index contributed by atoms with van der Waals surface area (Å²) in [6.45, 7) is 3.62. The number of rotatable bonds is 3. The van der Waals surface area contributed by atoms with Crippen molar-refractivity contribution in [2.45, 2.75) is 56.7 Å². The van der Waals surface area contributed by atoms with Crippen LogP contribution in [0.1, 0.15) is 55.6 Å². The third kappa shape index (κ3) is 3.51. The smallest absolute Gasteiger partial charge is 0.302 e. The maximum atomic E-state index is 15.7. The van der Waals surface area contributed by atoms with Crippen molar-refractivity contribution in [3.05, 3.63) is 58.7 Å². The third-order valence-electron chi connectivity index (χ3n) is 6.35. The lowest BCUT2D eigenvalue weighted by Gasteiger charge is -2.44. The van der Waals surface area contributed by atoms with Gasteiger partial charge in [-0.05, 0) is 63.4 Å². The fraction of sp³-hybridized carbons (Fsp3) is 0.435. The summed E-state index contributed by atoms with van der Waals surface area (Å²) in [6, 6.07) is 7.78. The van der Waals surface area contributed by atoms with Gasteiger partial charge in [0.15, 0.2) is 0 Å². The van der Waals surface area contributed by atoms with Gasteiger partial charge in [0.1, 0.15) is 28.0 Å². The largest absolute Gasteiger partial charge is 0.377 e. The van der Waals surface area contributed by atoms with Crippen molar-refractivity contribution >= 4 is 22.9 Å². The standard InChI is InChI=1S/C23H23F3N4OS/c1-21(2)23(25,26)22(3,30-19(32)12-31-21)16-9-15(5-6-17(16)24)29-18-7-4-14-8-13(10-27)11-28-20(14)18/h5-6,8-9,11,18,29H,4,7,12H2,1-3H3,(H,30,32)/t18-,22-/m1/s1. The lowest BCUT2D eigenvalue weighted by molar-refractivity contribution is -0.216. The first-order valence-electron chi connectivity index (χ1n) is 10.3. The first-order chi connectivity index (χ1) is 15.0. The van der Waals surface area contributed by atoms with Gasteiger partial charge in [0.2, 0.25) is 0 Å². The van der Waals surface area contributed by atoms with E-state index in [1.54, 1.807) is 6.07 Å². The number of anilines is 1. The molecule has 1 aliphatic carbocycles. The zero-order valence-corrected chi connectivity index (χ0v) is 18.7. The van der Waals surface area contributed by atoms with E-state index >= 15 is 8.78 Å². The Labute approximate surface area is 190 Å². The molecule has 9 heteroatoms. The summed E-state index contributed by atoms with van der Waals surface area (Å²) in [4.78, 5) is 4.47. The summed E-state index contributed by atoms with van der Waals surface area (Å²) in [5, 5.41) is 15.0. The molecule has 2 N–H and O–H groups in total. The molecular weight excluding hydrogens is 437 g/mol. The van der Waals surface area contributed by atoms with Gasteiger partial charge in [0, 0.05) is 17.4 Å². The van der Waals surface area contributed by atoms with E-state index in [0.717, 1.165) is 24.1 Å². The second-order valence-electron chi connectivity index (χ2n) is 8.86. The number of halogens is 3. The van der Waals surface area contributed by atoms with Crippen molar-refractivity contribution in [3.63, 3.8) is 0 Å². The molecular formula is C23H23F3N4OS. The van der Waals surface area contributed by atoms with Crippen molar-refractivity contribution in [3.8, 4) is 6.07 Å². The lowest BCUT2D eigenvalue weighted by atomic mass is 9.77. The van der Waals surface area contributed by atoms with E-state index in [-0.39, 0.29) is 23.2 Å². The highest BCUT2D eigenvalue weighted by Gasteiger charge is 2.64. The molecule has 0 bridgehead atoms. The zero-order chi connectivity index (χ0) is 23.3. The SMILES string of the molecule is CC1(C)OCC(=S)N[C@](C)(c2cc(N[C@@H]3CCc4cc(C#N)cnc43)ccc2F)C1(F)F. The molecule has 168 valence electrons. The van der Waals surface area contributed by atoms with Gasteiger partial charge in [-0.25, -0.2) is 13.2 Å². The predicted octanol–water partition coefficient (Wildman–Crippen LogP) is 4.77. The Kier molecular flexibility index (Phi) is 5.42. The first kappa shape index (κ1) is 22.5. The fourth-order valence-electron chi connectivity index (χ4n) is 4.44. The van der Waals surface area contributed by atoms with E-state index in [9.17, 15) is 4.39 Å². The van der Waals surface area contributed by atoms with Crippen LogP contribution in [0.3, 0.4) is 0 Å². The van der Waals surface area contributed by atoms with E-state index < -0.39 is 22.9 Å². The van der Waals surface area contributed by atoms with Crippen LogP contribution in [0, 0.1) is 17.1 Å². The molecule has 5 nitrogen and oxygen atoms in total. The Morgan fingerprint density at radius 1 is 1.28 bits per heavy atom.